The van der Waals surface area contributed by atoms with Gasteiger partial charge in [0, 0.05) is 18.4 Å². The van der Waals surface area contributed by atoms with E-state index in [1.165, 1.54) is 11.1 Å². The van der Waals surface area contributed by atoms with E-state index in [-0.39, 0.29) is 6.04 Å². The smallest absolute Gasteiger partial charge is 0.105 e. The molecule has 3 nitrogen and oxygen atoms in total. The maximum absolute atomic E-state index is 5.67. The van der Waals surface area contributed by atoms with Crippen molar-refractivity contribution in [1.29, 1.82) is 0 Å². The first-order chi connectivity index (χ1) is 8.38. The highest BCUT2D eigenvalue weighted by Crippen LogP contribution is 2.37. The number of hydrogen-bond acceptors (Lipinski definition) is 3. The van der Waals surface area contributed by atoms with Crippen LogP contribution in [0.25, 0.3) is 0 Å². The molecule has 17 heavy (non-hydrogen) atoms. The maximum Gasteiger partial charge on any atom is 0.105 e. The summed E-state index contributed by atoms with van der Waals surface area (Å²) >= 11 is 0. The molecule has 0 saturated heterocycles. The van der Waals surface area contributed by atoms with Gasteiger partial charge in [0.25, 0.3) is 0 Å². The van der Waals surface area contributed by atoms with Crippen LogP contribution in [0, 0.1) is 0 Å². The minimum Gasteiger partial charge on any atom is -0.469 e. The van der Waals surface area contributed by atoms with Gasteiger partial charge in [-0.1, -0.05) is 24.3 Å². The lowest BCUT2D eigenvalue weighted by Gasteiger charge is -2.35. The number of hydrazine groups is 1. The Labute approximate surface area is 101 Å². The molecule has 1 aromatic carbocycles. The molecule has 1 heterocycles. The van der Waals surface area contributed by atoms with Gasteiger partial charge in [0.1, 0.15) is 5.76 Å². The fourth-order valence-corrected chi connectivity index (χ4v) is 2.62. The standard InChI is InChI=1S/C14H16N2O/c15-16-14(9-11-5-3-7-17-11)13-8-10-4-1-2-6-12(10)13/h1-7,13-14,16H,8-9,15H2. The summed E-state index contributed by atoms with van der Waals surface area (Å²) in [5.41, 5.74) is 5.78. The summed E-state index contributed by atoms with van der Waals surface area (Å²) in [6.07, 6.45) is 3.64. The van der Waals surface area contributed by atoms with Crippen molar-refractivity contribution in [2.24, 2.45) is 5.84 Å². The zero-order chi connectivity index (χ0) is 11.7. The molecule has 2 atom stereocenters. The molecule has 1 aromatic heterocycles. The molecule has 88 valence electrons. The van der Waals surface area contributed by atoms with Gasteiger partial charge in [-0.2, -0.15) is 0 Å². The van der Waals surface area contributed by atoms with Crippen LogP contribution in [0.5, 0.6) is 0 Å². The van der Waals surface area contributed by atoms with Crippen molar-refractivity contribution in [3.8, 4) is 0 Å². The van der Waals surface area contributed by atoms with Gasteiger partial charge < -0.3 is 4.42 Å². The monoisotopic (exact) mass is 228 g/mol. The Morgan fingerprint density at radius 1 is 1.29 bits per heavy atom. The third-order valence-electron chi connectivity index (χ3n) is 3.60. The minimum atomic E-state index is 0.246. The SMILES string of the molecule is NNC(Cc1ccco1)C1Cc2ccccc21. The van der Waals surface area contributed by atoms with Gasteiger partial charge in [-0.15, -0.1) is 0 Å². The number of rotatable bonds is 4. The molecule has 0 amide bonds. The number of benzene rings is 1. The van der Waals surface area contributed by atoms with Crippen LogP contribution in [0.1, 0.15) is 22.8 Å². The molecule has 0 radical (unpaired) electrons. The summed E-state index contributed by atoms with van der Waals surface area (Å²) in [6.45, 7) is 0. The molecule has 2 aromatic rings. The van der Waals surface area contributed by atoms with E-state index in [0.717, 1.165) is 18.6 Å². The summed E-state index contributed by atoms with van der Waals surface area (Å²) in [6, 6.07) is 12.7. The van der Waals surface area contributed by atoms with Gasteiger partial charge >= 0.3 is 0 Å². The van der Waals surface area contributed by atoms with E-state index >= 15 is 0 Å². The van der Waals surface area contributed by atoms with E-state index in [1.54, 1.807) is 6.26 Å². The van der Waals surface area contributed by atoms with Crippen molar-refractivity contribution in [1.82, 2.24) is 5.43 Å². The van der Waals surface area contributed by atoms with Crippen LogP contribution in [0.4, 0.5) is 0 Å². The van der Waals surface area contributed by atoms with Gasteiger partial charge in [0.05, 0.1) is 6.26 Å². The molecule has 3 rings (SSSR count). The van der Waals surface area contributed by atoms with Crippen molar-refractivity contribution in [3.63, 3.8) is 0 Å². The average molecular weight is 228 g/mol. The molecule has 0 bridgehead atoms. The number of nitrogens with one attached hydrogen (secondary N) is 1. The lowest BCUT2D eigenvalue weighted by atomic mass is 9.72. The molecule has 1 aliphatic carbocycles. The Balaban J connectivity index is 1.76. The first-order valence-electron chi connectivity index (χ1n) is 5.95. The van der Waals surface area contributed by atoms with Crippen molar-refractivity contribution in [3.05, 3.63) is 59.5 Å². The largest absolute Gasteiger partial charge is 0.469 e. The highest BCUT2D eigenvalue weighted by atomic mass is 16.3. The summed E-state index contributed by atoms with van der Waals surface area (Å²) in [4.78, 5) is 0. The van der Waals surface area contributed by atoms with Crippen molar-refractivity contribution in [2.75, 3.05) is 0 Å². The first kappa shape index (κ1) is 10.6. The molecule has 3 heteroatoms. The molecule has 0 fully saturated rings. The highest BCUT2D eigenvalue weighted by Gasteiger charge is 2.32. The molecular weight excluding hydrogens is 212 g/mol. The molecule has 3 N–H and O–H groups in total. The second kappa shape index (κ2) is 4.35. The third kappa shape index (κ3) is 1.88. The van der Waals surface area contributed by atoms with Crippen LogP contribution in [-0.2, 0) is 12.8 Å². The summed E-state index contributed by atoms with van der Waals surface area (Å²) in [5, 5.41) is 0. The Hall–Kier alpha value is -1.58. The zero-order valence-corrected chi connectivity index (χ0v) is 9.60. The summed E-state index contributed by atoms with van der Waals surface area (Å²) in [5.74, 6) is 7.15. The van der Waals surface area contributed by atoms with E-state index in [4.69, 9.17) is 10.3 Å². The molecule has 0 saturated carbocycles. The Bertz CT molecular complexity index is 493. The first-order valence-corrected chi connectivity index (χ1v) is 5.95. The maximum atomic E-state index is 5.67. The van der Waals surface area contributed by atoms with E-state index in [9.17, 15) is 0 Å². The summed E-state index contributed by atoms with van der Waals surface area (Å²) < 4.78 is 5.38. The lowest BCUT2D eigenvalue weighted by molar-refractivity contribution is 0.374. The molecule has 1 aliphatic rings. The molecule has 2 unspecified atom stereocenters. The number of nitrogens with two attached hydrogens (primary N) is 1. The predicted octanol–water partition coefficient (Wildman–Crippen LogP) is 1.99. The second-order valence-electron chi connectivity index (χ2n) is 4.57. The van der Waals surface area contributed by atoms with Crippen LogP contribution in [0.3, 0.4) is 0 Å². The molecule has 0 aliphatic heterocycles. The second-order valence-corrected chi connectivity index (χ2v) is 4.57. The van der Waals surface area contributed by atoms with Crippen molar-refractivity contribution < 1.29 is 4.42 Å². The van der Waals surface area contributed by atoms with Crippen LogP contribution in [0.2, 0.25) is 0 Å². The topological polar surface area (TPSA) is 51.2 Å². The van der Waals surface area contributed by atoms with Gasteiger partial charge in [0.15, 0.2) is 0 Å². The van der Waals surface area contributed by atoms with E-state index in [2.05, 4.69) is 29.7 Å². The lowest BCUT2D eigenvalue weighted by Crippen LogP contribution is -2.45. The Morgan fingerprint density at radius 3 is 2.88 bits per heavy atom. The fraction of sp³-hybridized carbons (Fsp3) is 0.286. The number of fused-ring (bicyclic) bond motifs is 1. The van der Waals surface area contributed by atoms with Crippen LogP contribution in [-0.4, -0.2) is 6.04 Å². The summed E-state index contributed by atoms with van der Waals surface area (Å²) in [7, 11) is 0. The Morgan fingerprint density at radius 2 is 2.18 bits per heavy atom. The predicted molar refractivity (Wildman–Crippen MR) is 66.4 cm³/mol. The third-order valence-corrected chi connectivity index (χ3v) is 3.60. The van der Waals surface area contributed by atoms with Gasteiger partial charge in [-0.05, 0) is 29.7 Å². The highest BCUT2D eigenvalue weighted by molar-refractivity contribution is 5.41. The number of furan rings is 1. The molecule has 0 spiro atoms. The van der Waals surface area contributed by atoms with Gasteiger partial charge in [0.2, 0.25) is 0 Å². The van der Waals surface area contributed by atoms with Crippen LogP contribution >= 0.6 is 0 Å². The van der Waals surface area contributed by atoms with E-state index in [1.807, 2.05) is 12.1 Å². The number of hydrogen-bond donors (Lipinski definition) is 2. The fourth-order valence-electron chi connectivity index (χ4n) is 2.62. The van der Waals surface area contributed by atoms with Crippen molar-refractivity contribution in [2.45, 2.75) is 24.8 Å². The normalized spacial score (nSPS) is 19.5. The average Bonchev–Trinajstić information content (AvgIpc) is 2.82. The van der Waals surface area contributed by atoms with E-state index in [0.29, 0.717) is 5.92 Å². The van der Waals surface area contributed by atoms with Gasteiger partial charge in [-0.25, -0.2) is 0 Å². The van der Waals surface area contributed by atoms with Crippen LogP contribution < -0.4 is 11.3 Å². The van der Waals surface area contributed by atoms with Crippen LogP contribution in [0.15, 0.2) is 47.1 Å². The van der Waals surface area contributed by atoms with E-state index < -0.39 is 0 Å². The zero-order valence-electron chi connectivity index (χ0n) is 9.60. The molecular formula is C14H16N2O. The quantitative estimate of drug-likeness (QED) is 0.621. The van der Waals surface area contributed by atoms with Gasteiger partial charge in [-0.3, -0.25) is 11.3 Å². The van der Waals surface area contributed by atoms with Crippen molar-refractivity contribution >= 4 is 0 Å². The Kier molecular flexibility index (Phi) is 2.71. The minimum absolute atomic E-state index is 0.246.